The molecule has 22 heavy (non-hydrogen) atoms. The van der Waals surface area contributed by atoms with Crippen molar-refractivity contribution in [3.8, 4) is 0 Å². The fourth-order valence-electron chi connectivity index (χ4n) is 2.23. The molecule has 0 fully saturated rings. The molecule has 0 aromatic rings. The van der Waals surface area contributed by atoms with E-state index in [1.807, 2.05) is 6.92 Å². The van der Waals surface area contributed by atoms with Crippen molar-refractivity contribution in [3.05, 3.63) is 0 Å². The van der Waals surface area contributed by atoms with Gasteiger partial charge in [0.05, 0.1) is 12.6 Å². The van der Waals surface area contributed by atoms with E-state index in [-0.39, 0.29) is 30.0 Å². The highest BCUT2D eigenvalue weighted by Gasteiger charge is 2.20. The molecule has 0 aromatic heterocycles. The average Bonchev–Trinajstić information content (AvgIpc) is 2.38. The van der Waals surface area contributed by atoms with E-state index in [0.29, 0.717) is 6.61 Å². The molecule has 0 aliphatic heterocycles. The minimum atomic E-state index is -0.330. The highest BCUT2D eigenvalue weighted by molar-refractivity contribution is 5.73. The number of esters is 2. The summed E-state index contributed by atoms with van der Waals surface area (Å²) in [5, 5.41) is 2.76. The summed E-state index contributed by atoms with van der Waals surface area (Å²) in [7, 11) is 0. The summed E-state index contributed by atoms with van der Waals surface area (Å²) in [6.45, 7) is 6.55. The van der Waals surface area contributed by atoms with Crippen LogP contribution in [0.25, 0.3) is 0 Å². The average molecular weight is 315 g/mol. The highest BCUT2D eigenvalue weighted by atomic mass is 16.5. The third kappa shape index (κ3) is 12.2. The molecule has 1 N–H and O–H groups in total. The first-order valence-electron chi connectivity index (χ1n) is 7.90. The van der Waals surface area contributed by atoms with E-state index in [0.717, 1.165) is 38.5 Å². The summed E-state index contributed by atoms with van der Waals surface area (Å²) in [4.78, 5) is 32.8. The van der Waals surface area contributed by atoms with Crippen LogP contribution in [-0.4, -0.2) is 36.6 Å². The minimum Gasteiger partial charge on any atom is -0.466 e. The number of rotatable bonds is 11. The number of carbonyl (C=O) groups is 3. The van der Waals surface area contributed by atoms with Crippen molar-refractivity contribution in [2.45, 2.75) is 78.4 Å². The summed E-state index contributed by atoms with van der Waals surface area (Å²) in [6.07, 6.45) is 5.30. The summed E-state index contributed by atoms with van der Waals surface area (Å²) in [6, 6.07) is -0.189. The molecule has 0 aliphatic rings. The predicted octanol–water partition coefficient (Wildman–Crippen LogP) is 2.35. The Morgan fingerprint density at radius 3 is 2.05 bits per heavy atom. The van der Waals surface area contributed by atoms with E-state index in [9.17, 15) is 14.4 Å². The maximum atomic E-state index is 11.1. The first-order chi connectivity index (χ1) is 10.3. The standard InChI is InChI=1S/C16H29NO5/c1-12(17-13(2)18)16(22-15(4)20)10-8-6-5-7-9-11-21-14(3)19/h12,16H,5-11H2,1-4H3,(H,17,18)/t12-,16-/m1/s1. The molecule has 0 saturated heterocycles. The van der Waals surface area contributed by atoms with Gasteiger partial charge in [0.1, 0.15) is 6.10 Å². The van der Waals surface area contributed by atoms with Crippen molar-refractivity contribution in [1.29, 1.82) is 0 Å². The molecular weight excluding hydrogens is 286 g/mol. The Labute approximate surface area is 132 Å². The van der Waals surface area contributed by atoms with Crippen LogP contribution in [0.4, 0.5) is 0 Å². The number of ether oxygens (including phenoxy) is 2. The zero-order valence-electron chi connectivity index (χ0n) is 14.1. The van der Waals surface area contributed by atoms with E-state index >= 15 is 0 Å². The quantitative estimate of drug-likeness (QED) is 0.467. The monoisotopic (exact) mass is 315 g/mol. The molecular formula is C16H29NO5. The van der Waals surface area contributed by atoms with Gasteiger partial charge in [-0.1, -0.05) is 19.3 Å². The van der Waals surface area contributed by atoms with Gasteiger partial charge in [-0.2, -0.15) is 0 Å². The Morgan fingerprint density at radius 1 is 0.909 bits per heavy atom. The molecule has 0 saturated carbocycles. The summed E-state index contributed by atoms with van der Waals surface area (Å²) in [5.41, 5.74) is 0. The molecule has 6 nitrogen and oxygen atoms in total. The van der Waals surface area contributed by atoms with E-state index in [1.54, 1.807) is 0 Å². The first-order valence-corrected chi connectivity index (χ1v) is 7.90. The van der Waals surface area contributed by atoms with Crippen molar-refractivity contribution < 1.29 is 23.9 Å². The van der Waals surface area contributed by atoms with E-state index in [4.69, 9.17) is 9.47 Å². The Balaban J connectivity index is 3.86. The van der Waals surface area contributed by atoms with Crippen molar-refractivity contribution in [2.75, 3.05) is 6.61 Å². The molecule has 0 spiro atoms. The van der Waals surface area contributed by atoms with Gasteiger partial charge in [0.15, 0.2) is 0 Å². The molecule has 0 rings (SSSR count). The summed E-state index contributed by atoms with van der Waals surface area (Å²) in [5.74, 6) is -0.699. The van der Waals surface area contributed by atoms with Crippen LogP contribution < -0.4 is 5.32 Å². The van der Waals surface area contributed by atoms with Gasteiger partial charge in [-0.25, -0.2) is 0 Å². The van der Waals surface area contributed by atoms with Crippen LogP contribution in [0.3, 0.4) is 0 Å². The van der Waals surface area contributed by atoms with Crippen LogP contribution in [0.15, 0.2) is 0 Å². The van der Waals surface area contributed by atoms with Crippen molar-refractivity contribution in [3.63, 3.8) is 0 Å². The largest absolute Gasteiger partial charge is 0.466 e. The van der Waals surface area contributed by atoms with Crippen molar-refractivity contribution >= 4 is 17.8 Å². The summed E-state index contributed by atoms with van der Waals surface area (Å²) < 4.78 is 10.1. The Bertz CT molecular complexity index is 356. The normalized spacial score (nSPS) is 13.1. The smallest absolute Gasteiger partial charge is 0.302 e. The number of unbranched alkanes of at least 4 members (excludes halogenated alkanes) is 4. The van der Waals surface area contributed by atoms with Crippen LogP contribution in [0, 0.1) is 0 Å². The van der Waals surface area contributed by atoms with E-state index < -0.39 is 0 Å². The van der Waals surface area contributed by atoms with Gasteiger partial charge in [-0.3, -0.25) is 14.4 Å². The molecule has 0 unspecified atom stereocenters. The molecule has 0 radical (unpaired) electrons. The third-order valence-corrected chi connectivity index (χ3v) is 3.24. The lowest BCUT2D eigenvalue weighted by molar-refractivity contribution is -0.149. The third-order valence-electron chi connectivity index (χ3n) is 3.24. The lowest BCUT2D eigenvalue weighted by Crippen LogP contribution is -2.42. The Hall–Kier alpha value is -1.59. The number of amides is 1. The van der Waals surface area contributed by atoms with Gasteiger partial charge in [0.2, 0.25) is 5.91 Å². The van der Waals surface area contributed by atoms with Crippen LogP contribution >= 0.6 is 0 Å². The fraction of sp³-hybridized carbons (Fsp3) is 0.812. The van der Waals surface area contributed by atoms with Gasteiger partial charge in [-0.05, 0) is 26.2 Å². The molecule has 0 aliphatic carbocycles. The van der Waals surface area contributed by atoms with Crippen LogP contribution in [-0.2, 0) is 23.9 Å². The van der Waals surface area contributed by atoms with Gasteiger partial charge in [0.25, 0.3) is 0 Å². The lowest BCUT2D eigenvalue weighted by atomic mass is 10.0. The predicted molar refractivity (Wildman–Crippen MR) is 83.2 cm³/mol. The van der Waals surface area contributed by atoms with E-state index in [1.165, 1.54) is 20.8 Å². The fourth-order valence-corrected chi connectivity index (χ4v) is 2.23. The van der Waals surface area contributed by atoms with Crippen molar-refractivity contribution in [1.82, 2.24) is 5.32 Å². The first kappa shape index (κ1) is 20.4. The number of hydrogen-bond acceptors (Lipinski definition) is 5. The van der Waals surface area contributed by atoms with Gasteiger partial charge >= 0.3 is 11.9 Å². The Kier molecular flexibility index (Phi) is 11.1. The van der Waals surface area contributed by atoms with Crippen molar-refractivity contribution in [2.24, 2.45) is 0 Å². The number of hydrogen-bond donors (Lipinski definition) is 1. The Morgan fingerprint density at radius 2 is 1.50 bits per heavy atom. The van der Waals surface area contributed by atoms with Gasteiger partial charge in [0, 0.05) is 20.8 Å². The summed E-state index contributed by atoms with van der Waals surface area (Å²) >= 11 is 0. The number of carbonyl (C=O) groups excluding carboxylic acids is 3. The zero-order chi connectivity index (χ0) is 17.0. The maximum absolute atomic E-state index is 11.1. The minimum absolute atomic E-state index is 0.130. The second-order valence-corrected chi connectivity index (χ2v) is 5.53. The van der Waals surface area contributed by atoms with Gasteiger partial charge in [-0.15, -0.1) is 0 Å². The molecule has 2 atom stereocenters. The molecule has 0 aromatic carbocycles. The second kappa shape index (κ2) is 12.0. The maximum Gasteiger partial charge on any atom is 0.302 e. The van der Waals surface area contributed by atoms with Crippen LogP contribution in [0.5, 0.6) is 0 Å². The molecule has 0 heterocycles. The van der Waals surface area contributed by atoms with E-state index in [2.05, 4.69) is 5.32 Å². The molecule has 6 heteroatoms. The SMILES string of the molecule is CC(=O)N[C@H](C)[C@@H](CCCCCCCOC(C)=O)OC(C)=O. The van der Waals surface area contributed by atoms with Crippen LogP contribution in [0.1, 0.15) is 66.2 Å². The molecule has 1 amide bonds. The van der Waals surface area contributed by atoms with Crippen LogP contribution in [0.2, 0.25) is 0 Å². The topological polar surface area (TPSA) is 81.7 Å². The number of nitrogens with one attached hydrogen (secondary N) is 1. The zero-order valence-corrected chi connectivity index (χ0v) is 14.1. The lowest BCUT2D eigenvalue weighted by Gasteiger charge is -2.24. The second-order valence-electron chi connectivity index (χ2n) is 5.53. The highest BCUT2D eigenvalue weighted by Crippen LogP contribution is 2.13. The molecule has 128 valence electrons. The van der Waals surface area contributed by atoms with Gasteiger partial charge < -0.3 is 14.8 Å². The molecule has 0 bridgehead atoms.